The lowest BCUT2D eigenvalue weighted by Gasteiger charge is -2.37. The monoisotopic (exact) mass is 228 g/mol. The van der Waals surface area contributed by atoms with Gasteiger partial charge in [-0.3, -0.25) is 9.69 Å². The first-order valence-electron chi connectivity index (χ1n) is 6.29. The highest BCUT2D eigenvalue weighted by Gasteiger charge is 2.21. The molecule has 3 heteroatoms. The molecule has 0 unspecified atom stereocenters. The molecule has 0 fully saturated rings. The Balaban J connectivity index is 4.08. The smallest absolute Gasteiger partial charge is 0.219 e. The lowest BCUT2D eigenvalue weighted by Crippen LogP contribution is -2.47. The van der Waals surface area contributed by atoms with Crippen molar-refractivity contribution in [3.8, 4) is 0 Å². The molecule has 1 amide bonds. The fourth-order valence-corrected chi connectivity index (χ4v) is 1.60. The standard InChI is InChI=1S/C13H28N2O/c1-7-12(16)14-8-9-15(10-11(2)3)13(4,5)6/h11H,7-10H2,1-6H3,(H,14,16). The Bertz CT molecular complexity index is 206. The zero-order chi connectivity index (χ0) is 12.8. The first-order chi connectivity index (χ1) is 7.27. The van der Waals surface area contributed by atoms with E-state index in [1.54, 1.807) is 0 Å². The summed E-state index contributed by atoms with van der Waals surface area (Å²) >= 11 is 0. The highest BCUT2D eigenvalue weighted by molar-refractivity contribution is 5.75. The molecule has 96 valence electrons. The van der Waals surface area contributed by atoms with Gasteiger partial charge in [-0.15, -0.1) is 0 Å². The molecule has 0 aromatic carbocycles. The molecule has 0 heterocycles. The predicted molar refractivity (Wildman–Crippen MR) is 69.5 cm³/mol. The van der Waals surface area contributed by atoms with Crippen LogP contribution in [0, 0.1) is 5.92 Å². The van der Waals surface area contributed by atoms with Crippen LogP contribution in [0.3, 0.4) is 0 Å². The highest BCUT2D eigenvalue weighted by Crippen LogP contribution is 2.14. The molecule has 16 heavy (non-hydrogen) atoms. The van der Waals surface area contributed by atoms with Crippen LogP contribution < -0.4 is 5.32 Å². The van der Waals surface area contributed by atoms with Crippen LogP contribution in [0.1, 0.15) is 48.0 Å². The molecular weight excluding hydrogens is 200 g/mol. The van der Waals surface area contributed by atoms with Gasteiger partial charge in [0.25, 0.3) is 0 Å². The van der Waals surface area contributed by atoms with E-state index in [0.29, 0.717) is 12.3 Å². The van der Waals surface area contributed by atoms with Crippen molar-refractivity contribution in [3.05, 3.63) is 0 Å². The number of hydrogen-bond donors (Lipinski definition) is 1. The maximum Gasteiger partial charge on any atom is 0.219 e. The Morgan fingerprint density at radius 1 is 1.31 bits per heavy atom. The minimum atomic E-state index is 0.137. The van der Waals surface area contributed by atoms with Crippen molar-refractivity contribution in [2.24, 2.45) is 5.92 Å². The normalized spacial score (nSPS) is 12.2. The second-order valence-corrected chi connectivity index (χ2v) is 5.71. The predicted octanol–water partition coefficient (Wildman–Crippen LogP) is 2.27. The molecule has 3 nitrogen and oxygen atoms in total. The van der Waals surface area contributed by atoms with Gasteiger partial charge in [-0.2, -0.15) is 0 Å². The van der Waals surface area contributed by atoms with Gasteiger partial charge in [0.1, 0.15) is 0 Å². The van der Waals surface area contributed by atoms with Crippen LogP contribution >= 0.6 is 0 Å². The maximum atomic E-state index is 11.1. The van der Waals surface area contributed by atoms with Crippen molar-refractivity contribution in [1.82, 2.24) is 10.2 Å². The van der Waals surface area contributed by atoms with Crippen LogP contribution in [0.2, 0.25) is 0 Å². The first kappa shape index (κ1) is 15.4. The zero-order valence-electron chi connectivity index (χ0n) is 11.8. The van der Waals surface area contributed by atoms with Crippen LogP contribution in [0.4, 0.5) is 0 Å². The second kappa shape index (κ2) is 6.89. The Morgan fingerprint density at radius 2 is 1.88 bits per heavy atom. The molecule has 0 aliphatic heterocycles. The number of carbonyl (C=O) groups is 1. The van der Waals surface area contributed by atoms with Crippen LogP contribution in [0.5, 0.6) is 0 Å². The number of nitrogens with one attached hydrogen (secondary N) is 1. The average molecular weight is 228 g/mol. The van der Waals surface area contributed by atoms with E-state index in [1.165, 1.54) is 0 Å². The summed E-state index contributed by atoms with van der Waals surface area (Å²) in [5.74, 6) is 0.791. The summed E-state index contributed by atoms with van der Waals surface area (Å²) in [6, 6.07) is 0. The number of rotatable bonds is 6. The van der Waals surface area contributed by atoms with Crippen molar-refractivity contribution in [2.75, 3.05) is 19.6 Å². The van der Waals surface area contributed by atoms with Gasteiger partial charge in [0, 0.05) is 31.6 Å². The average Bonchev–Trinajstić information content (AvgIpc) is 2.13. The summed E-state index contributed by atoms with van der Waals surface area (Å²) in [5.41, 5.74) is 0.168. The molecule has 0 rings (SSSR count). The minimum Gasteiger partial charge on any atom is -0.355 e. The molecule has 0 spiro atoms. The van der Waals surface area contributed by atoms with E-state index in [9.17, 15) is 4.79 Å². The van der Waals surface area contributed by atoms with E-state index >= 15 is 0 Å². The van der Waals surface area contributed by atoms with Gasteiger partial charge in [0.2, 0.25) is 5.91 Å². The zero-order valence-corrected chi connectivity index (χ0v) is 11.8. The molecule has 0 aromatic heterocycles. The molecule has 0 aromatic rings. The number of carbonyl (C=O) groups excluding carboxylic acids is 1. The van der Waals surface area contributed by atoms with Gasteiger partial charge in [-0.05, 0) is 26.7 Å². The fraction of sp³-hybridized carbons (Fsp3) is 0.923. The van der Waals surface area contributed by atoms with E-state index in [0.717, 1.165) is 19.6 Å². The van der Waals surface area contributed by atoms with E-state index in [1.807, 2.05) is 6.92 Å². The van der Waals surface area contributed by atoms with E-state index < -0.39 is 0 Å². The summed E-state index contributed by atoms with van der Waals surface area (Å²) in [5, 5.41) is 2.93. The molecule has 0 aliphatic carbocycles. The Morgan fingerprint density at radius 3 is 2.25 bits per heavy atom. The fourth-order valence-electron chi connectivity index (χ4n) is 1.60. The van der Waals surface area contributed by atoms with Crippen molar-refractivity contribution in [2.45, 2.75) is 53.5 Å². The number of nitrogens with zero attached hydrogens (tertiary/aromatic N) is 1. The molecular formula is C13H28N2O. The van der Waals surface area contributed by atoms with Crippen molar-refractivity contribution in [1.29, 1.82) is 0 Å². The largest absolute Gasteiger partial charge is 0.355 e. The van der Waals surface area contributed by atoms with Gasteiger partial charge in [0.15, 0.2) is 0 Å². The van der Waals surface area contributed by atoms with Gasteiger partial charge >= 0.3 is 0 Å². The van der Waals surface area contributed by atoms with Crippen molar-refractivity contribution >= 4 is 5.91 Å². The quantitative estimate of drug-likeness (QED) is 0.756. The third kappa shape index (κ3) is 6.83. The lowest BCUT2D eigenvalue weighted by atomic mass is 10.0. The molecule has 0 radical (unpaired) electrons. The summed E-state index contributed by atoms with van der Waals surface area (Å²) in [6.45, 7) is 15.7. The minimum absolute atomic E-state index is 0.137. The summed E-state index contributed by atoms with van der Waals surface area (Å²) in [4.78, 5) is 13.6. The number of amides is 1. The van der Waals surface area contributed by atoms with Crippen LogP contribution in [0.25, 0.3) is 0 Å². The lowest BCUT2D eigenvalue weighted by molar-refractivity contribution is -0.120. The molecule has 1 N–H and O–H groups in total. The third-order valence-corrected chi connectivity index (χ3v) is 2.56. The molecule has 0 aliphatic rings. The van der Waals surface area contributed by atoms with Gasteiger partial charge in [-0.1, -0.05) is 20.8 Å². The van der Waals surface area contributed by atoms with Gasteiger partial charge in [-0.25, -0.2) is 0 Å². The maximum absolute atomic E-state index is 11.1. The topological polar surface area (TPSA) is 32.3 Å². The molecule has 0 saturated carbocycles. The third-order valence-electron chi connectivity index (χ3n) is 2.56. The van der Waals surface area contributed by atoms with E-state index in [-0.39, 0.29) is 11.4 Å². The van der Waals surface area contributed by atoms with Gasteiger partial charge < -0.3 is 5.32 Å². The van der Waals surface area contributed by atoms with E-state index in [2.05, 4.69) is 44.8 Å². The molecule has 0 bridgehead atoms. The Labute approximate surface area is 101 Å². The Kier molecular flexibility index (Phi) is 6.65. The Hall–Kier alpha value is -0.570. The van der Waals surface area contributed by atoms with Crippen molar-refractivity contribution < 1.29 is 4.79 Å². The first-order valence-corrected chi connectivity index (χ1v) is 6.29. The van der Waals surface area contributed by atoms with Gasteiger partial charge in [0.05, 0.1) is 0 Å². The van der Waals surface area contributed by atoms with Crippen molar-refractivity contribution in [3.63, 3.8) is 0 Å². The van der Waals surface area contributed by atoms with E-state index in [4.69, 9.17) is 0 Å². The second-order valence-electron chi connectivity index (χ2n) is 5.71. The SMILES string of the molecule is CCC(=O)NCCN(CC(C)C)C(C)(C)C. The molecule has 0 saturated heterocycles. The van der Waals surface area contributed by atoms with Crippen LogP contribution in [-0.4, -0.2) is 36.0 Å². The molecule has 0 atom stereocenters. The van der Waals surface area contributed by atoms with Crippen LogP contribution in [-0.2, 0) is 4.79 Å². The summed E-state index contributed by atoms with van der Waals surface area (Å²) in [6.07, 6.45) is 0.569. The summed E-state index contributed by atoms with van der Waals surface area (Å²) < 4.78 is 0. The summed E-state index contributed by atoms with van der Waals surface area (Å²) in [7, 11) is 0. The van der Waals surface area contributed by atoms with Crippen LogP contribution in [0.15, 0.2) is 0 Å². The highest BCUT2D eigenvalue weighted by atomic mass is 16.1. The number of hydrogen-bond acceptors (Lipinski definition) is 2.